The van der Waals surface area contributed by atoms with Gasteiger partial charge < -0.3 is 9.47 Å². The fourth-order valence-corrected chi connectivity index (χ4v) is 3.81. The molecule has 0 bridgehead atoms. The number of amides is 1. The van der Waals surface area contributed by atoms with Crippen LogP contribution in [0.3, 0.4) is 0 Å². The third kappa shape index (κ3) is 2.04. The molecule has 0 N–H and O–H groups in total. The van der Waals surface area contributed by atoms with Crippen molar-refractivity contribution < 1.29 is 4.79 Å². The minimum atomic E-state index is -0.252. The van der Waals surface area contributed by atoms with E-state index in [0.717, 1.165) is 57.7 Å². The lowest BCUT2D eigenvalue weighted by molar-refractivity contribution is -0.146. The van der Waals surface area contributed by atoms with Crippen molar-refractivity contribution in [3.8, 4) is 0 Å². The molecule has 1 aromatic heterocycles. The SMILES string of the molecule is CCn1ccnc1CN1CCCC12CCCN(C)C2=O. The van der Waals surface area contributed by atoms with Gasteiger partial charge in [0.25, 0.3) is 0 Å². The van der Waals surface area contributed by atoms with E-state index in [-0.39, 0.29) is 5.54 Å². The molecule has 3 heterocycles. The molecular formula is C15H24N4O. The van der Waals surface area contributed by atoms with Crippen molar-refractivity contribution >= 4 is 5.91 Å². The molecule has 2 fully saturated rings. The second-order valence-electron chi connectivity index (χ2n) is 6.02. The molecule has 1 aromatic rings. The largest absolute Gasteiger partial charge is 0.344 e. The number of hydrogen-bond acceptors (Lipinski definition) is 3. The zero-order valence-corrected chi connectivity index (χ0v) is 12.5. The molecule has 20 heavy (non-hydrogen) atoms. The monoisotopic (exact) mass is 276 g/mol. The molecule has 0 saturated carbocycles. The quantitative estimate of drug-likeness (QED) is 0.840. The van der Waals surface area contributed by atoms with Crippen LogP contribution in [0.2, 0.25) is 0 Å². The van der Waals surface area contributed by atoms with Gasteiger partial charge in [-0.3, -0.25) is 9.69 Å². The van der Waals surface area contributed by atoms with Crippen LogP contribution in [0, 0.1) is 0 Å². The summed E-state index contributed by atoms with van der Waals surface area (Å²) in [6.45, 7) is 5.77. The van der Waals surface area contributed by atoms with Gasteiger partial charge in [0.2, 0.25) is 5.91 Å². The first kappa shape index (κ1) is 13.6. The first-order valence-corrected chi connectivity index (χ1v) is 7.68. The molecule has 5 heteroatoms. The Labute approximate surface area is 120 Å². The third-order valence-corrected chi connectivity index (χ3v) is 4.93. The minimum Gasteiger partial charge on any atom is -0.344 e. The summed E-state index contributed by atoms with van der Waals surface area (Å²) in [6.07, 6.45) is 8.11. The summed E-state index contributed by atoms with van der Waals surface area (Å²) in [6, 6.07) is 0. The Morgan fingerprint density at radius 1 is 1.30 bits per heavy atom. The van der Waals surface area contributed by atoms with Crippen LogP contribution in [-0.4, -0.2) is 50.9 Å². The number of carbonyl (C=O) groups excluding carboxylic acids is 1. The maximum absolute atomic E-state index is 12.7. The Hall–Kier alpha value is -1.36. The van der Waals surface area contributed by atoms with Gasteiger partial charge in [0.05, 0.1) is 6.54 Å². The van der Waals surface area contributed by atoms with E-state index in [1.165, 1.54) is 0 Å². The van der Waals surface area contributed by atoms with Crippen molar-refractivity contribution in [3.63, 3.8) is 0 Å². The first-order chi connectivity index (χ1) is 9.67. The number of imidazole rings is 1. The van der Waals surface area contributed by atoms with Gasteiger partial charge in [-0.15, -0.1) is 0 Å². The summed E-state index contributed by atoms with van der Waals surface area (Å²) in [5, 5.41) is 0. The van der Waals surface area contributed by atoms with Gasteiger partial charge in [-0.25, -0.2) is 4.98 Å². The highest BCUT2D eigenvalue weighted by atomic mass is 16.2. The Balaban J connectivity index is 1.83. The number of aryl methyl sites for hydroxylation is 1. The van der Waals surface area contributed by atoms with Crippen LogP contribution in [0.4, 0.5) is 0 Å². The number of piperidine rings is 1. The molecule has 2 aliphatic rings. The van der Waals surface area contributed by atoms with E-state index in [2.05, 4.69) is 21.4 Å². The molecule has 0 radical (unpaired) electrons. The second kappa shape index (κ2) is 5.20. The standard InChI is InChI=1S/C15H24N4O/c1-3-18-11-8-16-13(18)12-19-10-5-7-15(19)6-4-9-17(2)14(15)20/h8,11H,3-7,9-10,12H2,1-2H3. The normalized spacial score (nSPS) is 27.7. The van der Waals surface area contributed by atoms with E-state index >= 15 is 0 Å². The second-order valence-corrected chi connectivity index (χ2v) is 6.02. The topological polar surface area (TPSA) is 41.4 Å². The summed E-state index contributed by atoms with van der Waals surface area (Å²) >= 11 is 0. The average molecular weight is 276 g/mol. The van der Waals surface area contributed by atoms with Crippen molar-refractivity contribution in [2.45, 2.75) is 51.2 Å². The molecule has 2 saturated heterocycles. The Morgan fingerprint density at radius 2 is 2.05 bits per heavy atom. The maximum Gasteiger partial charge on any atom is 0.242 e. The van der Waals surface area contributed by atoms with Crippen LogP contribution in [0.15, 0.2) is 12.4 Å². The van der Waals surface area contributed by atoms with Crippen LogP contribution in [-0.2, 0) is 17.9 Å². The highest BCUT2D eigenvalue weighted by Gasteiger charge is 2.50. The van der Waals surface area contributed by atoms with E-state index in [1.807, 2.05) is 24.3 Å². The van der Waals surface area contributed by atoms with Crippen molar-refractivity contribution in [3.05, 3.63) is 18.2 Å². The fourth-order valence-electron chi connectivity index (χ4n) is 3.81. The van der Waals surface area contributed by atoms with Gasteiger partial charge in [-0.05, 0) is 39.2 Å². The molecule has 0 aromatic carbocycles. The fraction of sp³-hybridized carbons (Fsp3) is 0.733. The molecule has 1 unspecified atom stereocenters. The molecule has 1 spiro atoms. The number of rotatable bonds is 3. The number of nitrogens with zero attached hydrogens (tertiary/aromatic N) is 4. The third-order valence-electron chi connectivity index (χ3n) is 4.93. The smallest absolute Gasteiger partial charge is 0.242 e. The predicted molar refractivity (Wildman–Crippen MR) is 77.1 cm³/mol. The van der Waals surface area contributed by atoms with Crippen LogP contribution in [0.25, 0.3) is 0 Å². The lowest BCUT2D eigenvalue weighted by Crippen LogP contribution is -2.58. The van der Waals surface area contributed by atoms with Crippen molar-refractivity contribution in [2.75, 3.05) is 20.1 Å². The van der Waals surface area contributed by atoms with E-state index in [9.17, 15) is 4.79 Å². The summed E-state index contributed by atoms with van der Waals surface area (Å²) in [7, 11) is 1.94. The van der Waals surface area contributed by atoms with E-state index < -0.39 is 0 Å². The minimum absolute atomic E-state index is 0.252. The van der Waals surface area contributed by atoms with Crippen LogP contribution >= 0.6 is 0 Å². The number of likely N-dealkylation sites (N-methyl/N-ethyl adjacent to an activating group) is 1. The van der Waals surface area contributed by atoms with Gasteiger partial charge >= 0.3 is 0 Å². The maximum atomic E-state index is 12.7. The number of likely N-dealkylation sites (tertiary alicyclic amines) is 2. The molecule has 1 atom stereocenters. The molecule has 5 nitrogen and oxygen atoms in total. The highest BCUT2D eigenvalue weighted by molar-refractivity contribution is 5.87. The van der Waals surface area contributed by atoms with Gasteiger partial charge in [-0.1, -0.05) is 0 Å². The number of aromatic nitrogens is 2. The molecule has 0 aliphatic carbocycles. The molecule has 110 valence electrons. The van der Waals surface area contributed by atoms with E-state index in [0.29, 0.717) is 5.91 Å². The lowest BCUT2D eigenvalue weighted by Gasteiger charge is -2.43. The van der Waals surface area contributed by atoms with Gasteiger partial charge in [0.1, 0.15) is 11.4 Å². The van der Waals surface area contributed by atoms with Crippen molar-refractivity contribution in [1.82, 2.24) is 19.4 Å². The van der Waals surface area contributed by atoms with Crippen LogP contribution < -0.4 is 0 Å². The number of carbonyl (C=O) groups is 1. The van der Waals surface area contributed by atoms with E-state index in [4.69, 9.17) is 0 Å². The van der Waals surface area contributed by atoms with Crippen molar-refractivity contribution in [2.24, 2.45) is 0 Å². The summed E-state index contributed by atoms with van der Waals surface area (Å²) in [5.41, 5.74) is -0.252. The lowest BCUT2D eigenvalue weighted by atomic mass is 9.85. The molecule has 2 aliphatic heterocycles. The zero-order chi connectivity index (χ0) is 14.2. The average Bonchev–Trinajstić information content (AvgIpc) is 3.05. The Morgan fingerprint density at radius 3 is 2.80 bits per heavy atom. The first-order valence-electron chi connectivity index (χ1n) is 7.68. The molecule has 1 amide bonds. The van der Waals surface area contributed by atoms with Gasteiger partial charge in [-0.2, -0.15) is 0 Å². The van der Waals surface area contributed by atoms with Gasteiger partial charge in [0, 0.05) is 32.5 Å². The summed E-state index contributed by atoms with van der Waals surface area (Å²) in [4.78, 5) is 21.5. The molecular weight excluding hydrogens is 252 g/mol. The van der Waals surface area contributed by atoms with E-state index in [1.54, 1.807) is 0 Å². The van der Waals surface area contributed by atoms with Crippen molar-refractivity contribution in [1.29, 1.82) is 0 Å². The summed E-state index contributed by atoms with van der Waals surface area (Å²) in [5.74, 6) is 1.39. The predicted octanol–water partition coefficient (Wildman–Crippen LogP) is 1.49. The highest BCUT2D eigenvalue weighted by Crippen LogP contribution is 2.38. The van der Waals surface area contributed by atoms with Gasteiger partial charge in [0.15, 0.2) is 0 Å². The van der Waals surface area contributed by atoms with Crippen LogP contribution in [0.5, 0.6) is 0 Å². The Kier molecular flexibility index (Phi) is 3.54. The van der Waals surface area contributed by atoms with Crippen LogP contribution in [0.1, 0.15) is 38.4 Å². The molecule has 3 rings (SSSR count). The number of hydrogen-bond donors (Lipinski definition) is 0. The zero-order valence-electron chi connectivity index (χ0n) is 12.5. The Bertz CT molecular complexity index is 498. The summed E-state index contributed by atoms with van der Waals surface area (Å²) < 4.78 is 2.17.